The van der Waals surface area contributed by atoms with Crippen molar-refractivity contribution in [2.24, 2.45) is 5.16 Å². The first-order valence-corrected chi connectivity index (χ1v) is 6.93. The first kappa shape index (κ1) is 16.5. The summed E-state index contributed by atoms with van der Waals surface area (Å²) in [5.41, 5.74) is 1.66. The van der Waals surface area contributed by atoms with Crippen LogP contribution in [0.25, 0.3) is 0 Å². The summed E-state index contributed by atoms with van der Waals surface area (Å²) < 4.78 is 0. The van der Waals surface area contributed by atoms with Crippen molar-refractivity contribution < 1.29 is 29.4 Å². The third-order valence-corrected chi connectivity index (χ3v) is 3.22. The molecule has 0 saturated heterocycles. The Hall–Kier alpha value is -2.90. The van der Waals surface area contributed by atoms with Crippen LogP contribution in [0.5, 0.6) is 0 Å². The molecule has 1 aliphatic heterocycles. The number of carboxylic acid groups (broad SMARTS) is 2. The fourth-order valence-electron chi connectivity index (χ4n) is 2.24. The standard InChI is InChI=1S/C15H16N2O6/c18-13(19)8-17(9-14(20)21)15(22)12-7-11(16-23-12)6-10-4-2-1-3-5-10/h1-5,12H,6-9H2,(H,18,19)(H,20,21). The van der Waals surface area contributed by atoms with E-state index in [1.165, 1.54) is 0 Å². The van der Waals surface area contributed by atoms with Crippen LogP contribution in [0.3, 0.4) is 0 Å². The third-order valence-electron chi connectivity index (χ3n) is 3.22. The largest absolute Gasteiger partial charge is 0.480 e. The average molecular weight is 320 g/mol. The first-order chi connectivity index (χ1) is 11.0. The summed E-state index contributed by atoms with van der Waals surface area (Å²) in [6, 6.07) is 9.49. The summed E-state index contributed by atoms with van der Waals surface area (Å²) in [6.45, 7) is -1.39. The van der Waals surface area contributed by atoms with Gasteiger partial charge in [-0.1, -0.05) is 35.5 Å². The van der Waals surface area contributed by atoms with Crippen molar-refractivity contribution in [1.29, 1.82) is 0 Å². The molecule has 8 heteroatoms. The summed E-state index contributed by atoms with van der Waals surface area (Å²) in [4.78, 5) is 39.5. The highest BCUT2D eigenvalue weighted by atomic mass is 16.6. The van der Waals surface area contributed by atoms with Gasteiger partial charge in [0.25, 0.3) is 5.91 Å². The second-order valence-corrected chi connectivity index (χ2v) is 5.10. The van der Waals surface area contributed by atoms with Crippen LogP contribution in [0, 0.1) is 0 Å². The zero-order chi connectivity index (χ0) is 16.8. The van der Waals surface area contributed by atoms with E-state index in [1.807, 2.05) is 30.3 Å². The maximum atomic E-state index is 12.2. The van der Waals surface area contributed by atoms with Crippen molar-refractivity contribution in [2.45, 2.75) is 18.9 Å². The third kappa shape index (κ3) is 4.80. The van der Waals surface area contributed by atoms with Crippen LogP contribution in [0.2, 0.25) is 0 Å². The van der Waals surface area contributed by atoms with Crippen LogP contribution < -0.4 is 0 Å². The minimum absolute atomic E-state index is 0.212. The maximum Gasteiger partial charge on any atom is 0.323 e. The van der Waals surface area contributed by atoms with Gasteiger partial charge in [0.15, 0.2) is 0 Å². The Kier molecular flexibility index (Phi) is 5.29. The highest BCUT2D eigenvalue weighted by molar-refractivity contribution is 5.95. The molecule has 1 heterocycles. The van der Waals surface area contributed by atoms with Gasteiger partial charge in [0.2, 0.25) is 6.10 Å². The van der Waals surface area contributed by atoms with Crippen LogP contribution in [0.15, 0.2) is 35.5 Å². The Morgan fingerprint density at radius 3 is 2.30 bits per heavy atom. The summed E-state index contributed by atoms with van der Waals surface area (Å²) in [5.74, 6) is -3.27. The lowest BCUT2D eigenvalue weighted by Crippen LogP contribution is -2.44. The molecule has 1 aromatic rings. The molecule has 1 aromatic carbocycles. The predicted octanol–water partition coefficient (Wildman–Crippen LogP) is 0.372. The van der Waals surface area contributed by atoms with Gasteiger partial charge in [-0.2, -0.15) is 0 Å². The van der Waals surface area contributed by atoms with Crippen molar-refractivity contribution in [1.82, 2.24) is 4.90 Å². The number of rotatable bonds is 7. The molecule has 0 aromatic heterocycles. The highest BCUT2D eigenvalue weighted by Crippen LogP contribution is 2.16. The lowest BCUT2D eigenvalue weighted by atomic mass is 10.0. The van der Waals surface area contributed by atoms with Crippen LogP contribution in [-0.2, 0) is 25.6 Å². The molecule has 2 N–H and O–H groups in total. The van der Waals surface area contributed by atoms with Crippen molar-refractivity contribution in [3.05, 3.63) is 35.9 Å². The SMILES string of the molecule is O=C(O)CN(CC(=O)O)C(=O)C1CC(Cc2ccccc2)=NO1. The summed E-state index contributed by atoms with van der Waals surface area (Å²) in [7, 11) is 0. The van der Waals surface area contributed by atoms with Gasteiger partial charge in [-0.15, -0.1) is 0 Å². The smallest absolute Gasteiger partial charge is 0.323 e. The molecule has 0 fully saturated rings. The molecule has 0 aliphatic carbocycles. The van der Waals surface area contributed by atoms with E-state index < -0.39 is 37.0 Å². The molecule has 1 aliphatic rings. The van der Waals surface area contributed by atoms with E-state index in [9.17, 15) is 14.4 Å². The fourth-order valence-corrected chi connectivity index (χ4v) is 2.24. The second kappa shape index (κ2) is 7.39. The van der Waals surface area contributed by atoms with Gasteiger partial charge in [0.1, 0.15) is 13.1 Å². The number of oxime groups is 1. The van der Waals surface area contributed by atoms with Gasteiger partial charge >= 0.3 is 11.9 Å². The normalized spacial score (nSPS) is 16.3. The molecule has 1 amide bonds. The summed E-state index contributed by atoms with van der Waals surface area (Å²) in [6.07, 6.45) is -0.251. The summed E-state index contributed by atoms with van der Waals surface area (Å²) in [5, 5.41) is 21.4. The van der Waals surface area contributed by atoms with Crippen LogP contribution >= 0.6 is 0 Å². The number of carboxylic acids is 2. The van der Waals surface area contributed by atoms with E-state index in [0.29, 0.717) is 12.1 Å². The zero-order valence-electron chi connectivity index (χ0n) is 12.2. The van der Waals surface area contributed by atoms with Crippen LogP contribution in [0.1, 0.15) is 12.0 Å². The van der Waals surface area contributed by atoms with E-state index in [2.05, 4.69) is 5.16 Å². The van der Waals surface area contributed by atoms with E-state index in [1.54, 1.807) is 0 Å². The Labute approximate surface area is 132 Å². The monoisotopic (exact) mass is 320 g/mol. The molecule has 1 atom stereocenters. The lowest BCUT2D eigenvalue weighted by Gasteiger charge is -2.20. The van der Waals surface area contributed by atoms with Crippen molar-refractivity contribution in [3.63, 3.8) is 0 Å². The molecular weight excluding hydrogens is 304 g/mol. The molecule has 1 unspecified atom stereocenters. The number of amides is 1. The van der Waals surface area contributed by atoms with E-state index >= 15 is 0 Å². The number of aliphatic carboxylic acids is 2. The Morgan fingerprint density at radius 1 is 1.13 bits per heavy atom. The van der Waals surface area contributed by atoms with Gasteiger partial charge in [-0.05, 0) is 5.56 Å². The fraction of sp³-hybridized carbons (Fsp3) is 0.333. The molecule has 23 heavy (non-hydrogen) atoms. The van der Waals surface area contributed by atoms with Gasteiger partial charge in [-0.3, -0.25) is 14.4 Å². The van der Waals surface area contributed by atoms with Crippen LogP contribution in [-0.4, -0.2) is 57.9 Å². The first-order valence-electron chi connectivity index (χ1n) is 6.93. The molecule has 2 rings (SSSR count). The predicted molar refractivity (Wildman–Crippen MR) is 78.9 cm³/mol. The second-order valence-electron chi connectivity index (χ2n) is 5.10. The minimum Gasteiger partial charge on any atom is -0.480 e. The molecule has 0 saturated carbocycles. The molecule has 0 spiro atoms. The molecular formula is C15H16N2O6. The lowest BCUT2D eigenvalue weighted by molar-refractivity contribution is -0.154. The van der Waals surface area contributed by atoms with Gasteiger partial charge in [0, 0.05) is 12.8 Å². The number of hydrogen-bond acceptors (Lipinski definition) is 5. The molecule has 122 valence electrons. The number of nitrogens with zero attached hydrogens (tertiary/aromatic N) is 2. The number of benzene rings is 1. The number of hydrogen-bond donors (Lipinski definition) is 2. The van der Waals surface area contributed by atoms with Gasteiger partial charge in [-0.25, -0.2) is 0 Å². The minimum atomic E-state index is -1.29. The van der Waals surface area contributed by atoms with Crippen molar-refractivity contribution in [2.75, 3.05) is 13.1 Å². The van der Waals surface area contributed by atoms with E-state index in [4.69, 9.17) is 15.1 Å². The summed E-state index contributed by atoms with van der Waals surface area (Å²) >= 11 is 0. The number of carbonyl (C=O) groups is 3. The Morgan fingerprint density at radius 2 is 1.74 bits per heavy atom. The molecule has 0 bridgehead atoms. The molecule has 8 nitrogen and oxygen atoms in total. The average Bonchev–Trinajstić information content (AvgIpc) is 2.94. The van der Waals surface area contributed by atoms with Crippen molar-refractivity contribution >= 4 is 23.6 Å². The molecule has 0 radical (unpaired) electrons. The van der Waals surface area contributed by atoms with E-state index in [0.717, 1.165) is 10.5 Å². The van der Waals surface area contributed by atoms with Crippen molar-refractivity contribution in [3.8, 4) is 0 Å². The Balaban J connectivity index is 1.95. The topological polar surface area (TPSA) is 116 Å². The maximum absolute atomic E-state index is 12.2. The van der Waals surface area contributed by atoms with Gasteiger partial charge < -0.3 is 20.0 Å². The quantitative estimate of drug-likeness (QED) is 0.750. The van der Waals surface area contributed by atoms with E-state index in [-0.39, 0.29) is 6.42 Å². The Bertz CT molecular complexity index is 612. The number of carbonyl (C=O) groups excluding carboxylic acids is 1. The van der Waals surface area contributed by atoms with Crippen LogP contribution in [0.4, 0.5) is 0 Å². The zero-order valence-corrected chi connectivity index (χ0v) is 12.2. The van der Waals surface area contributed by atoms with Gasteiger partial charge in [0.05, 0.1) is 5.71 Å². The highest BCUT2D eigenvalue weighted by Gasteiger charge is 2.33.